The summed E-state index contributed by atoms with van der Waals surface area (Å²) in [5.41, 5.74) is 1.33. The Morgan fingerprint density at radius 1 is 1.00 bits per heavy atom. The average Bonchev–Trinajstić information content (AvgIpc) is 3.21. The van der Waals surface area contributed by atoms with Crippen molar-refractivity contribution < 1.29 is 14.6 Å². The Morgan fingerprint density at radius 3 is 2.25 bits per heavy atom. The van der Waals surface area contributed by atoms with Crippen molar-refractivity contribution in [2.75, 3.05) is 12.0 Å². The standard InChI is InChI=1S/C22H18BrN5O4/c1-32-20-5-3-2-4-19(20)27-22(31)28(25-24-27)21(30)26(18-12-8-16(23)9-13-18)17-10-6-15(14-29)7-11-17/h2-13,29H,14H2,1H3. The zero-order chi connectivity index (χ0) is 22.7. The molecule has 32 heavy (non-hydrogen) atoms. The highest BCUT2D eigenvalue weighted by molar-refractivity contribution is 9.10. The van der Waals surface area contributed by atoms with Crippen LogP contribution >= 0.6 is 15.9 Å². The third-order valence-corrected chi connectivity index (χ3v) is 5.26. The summed E-state index contributed by atoms with van der Waals surface area (Å²) < 4.78 is 7.82. The van der Waals surface area contributed by atoms with Crippen LogP contribution in [0.1, 0.15) is 5.56 Å². The van der Waals surface area contributed by atoms with E-state index in [1.165, 1.54) is 12.0 Å². The van der Waals surface area contributed by atoms with Crippen LogP contribution in [0.15, 0.2) is 82.1 Å². The number of methoxy groups -OCH3 is 1. The van der Waals surface area contributed by atoms with Gasteiger partial charge >= 0.3 is 11.7 Å². The topological polar surface area (TPSA) is 102 Å². The lowest BCUT2D eigenvalue weighted by atomic mass is 10.2. The molecule has 1 N–H and O–H groups in total. The van der Waals surface area contributed by atoms with Gasteiger partial charge in [0, 0.05) is 4.47 Å². The van der Waals surface area contributed by atoms with E-state index in [9.17, 15) is 14.7 Å². The van der Waals surface area contributed by atoms with Crippen molar-refractivity contribution in [1.29, 1.82) is 0 Å². The van der Waals surface area contributed by atoms with Crippen molar-refractivity contribution in [1.82, 2.24) is 19.8 Å². The molecule has 10 heteroatoms. The van der Waals surface area contributed by atoms with E-state index in [1.54, 1.807) is 72.8 Å². The summed E-state index contributed by atoms with van der Waals surface area (Å²) in [4.78, 5) is 27.9. The van der Waals surface area contributed by atoms with Crippen molar-refractivity contribution in [3.8, 4) is 11.4 Å². The largest absolute Gasteiger partial charge is 0.494 e. The summed E-state index contributed by atoms with van der Waals surface area (Å²) in [7, 11) is 1.48. The number of halogens is 1. The predicted octanol–water partition coefficient (Wildman–Crippen LogP) is 3.50. The number of carbonyl (C=O) groups is 1. The van der Waals surface area contributed by atoms with E-state index in [0.717, 1.165) is 9.15 Å². The van der Waals surface area contributed by atoms with Crippen molar-refractivity contribution in [2.24, 2.45) is 0 Å². The maximum absolute atomic E-state index is 13.5. The van der Waals surface area contributed by atoms with Gasteiger partial charge in [0.25, 0.3) is 0 Å². The van der Waals surface area contributed by atoms with Crippen LogP contribution < -0.4 is 15.3 Å². The molecule has 9 nitrogen and oxygen atoms in total. The van der Waals surface area contributed by atoms with Crippen LogP contribution in [0.25, 0.3) is 5.69 Å². The van der Waals surface area contributed by atoms with E-state index < -0.39 is 11.7 Å². The molecule has 0 bridgehead atoms. The summed E-state index contributed by atoms with van der Waals surface area (Å²) in [6.07, 6.45) is 0. The number of benzene rings is 3. The number of aromatic nitrogens is 4. The molecular weight excluding hydrogens is 478 g/mol. The molecule has 1 amide bonds. The van der Waals surface area contributed by atoms with Crippen molar-refractivity contribution >= 4 is 33.3 Å². The van der Waals surface area contributed by atoms with Gasteiger partial charge in [-0.3, -0.25) is 4.90 Å². The van der Waals surface area contributed by atoms with Gasteiger partial charge in [-0.2, -0.15) is 4.68 Å². The fourth-order valence-corrected chi connectivity index (χ4v) is 3.39. The molecule has 0 radical (unpaired) electrons. The second kappa shape index (κ2) is 9.16. The number of aliphatic hydroxyl groups is 1. The lowest BCUT2D eigenvalue weighted by Crippen LogP contribution is -2.38. The van der Waals surface area contributed by atoms with Crippen LogP contribution in [0, 0.1) is 0 Å². The summed E-state index contributed by atoms with van der Waals surface area (Å²) >= 11 is 3.38. The number of tetrazole rings is 1. The summed E-state index contributed by atoms with van der Waals surface area (Å²) in [6, 6.07) is 19.9. The van der Waals surface area contributed by atoms with Crippen LogP contribution in [0.2, 0.25) is 0 Å². The Hall–Kier alpha value is -3.76. The van der Waals surface area contributed by atoms with Gasteiger partial charge in [-0.1, -0.05) is 40.2 Å². The quantitative estimate of drug-likeness (QED) is 0.425. The zero-order valence-corrected chi connectivity index (χ0v) is 18.5. The molecule has 0 aliphatic rings. The monoisotopic (exact) mass is 495 g/mol. The van der Waals surface area contributed by atoms with Gasteiger partial charge in [-0.05, 0) is 64.5 Å². The third kappa shape index (κ3) is 4.05. The molecule has 0 aliphatic carbocycles. The SMILES string of the molecule is COc1ccccc1-n1nnn(C(=O)N(c2ccc(Br)cc2)c2ccc(CO)cc2)c1=O. The molecule has 0 fully saturated rings. The number of aliphatic hydroxyl groups excluding tert-OH is 1. The highest BCUT2D eigenvalue weighted by Crippen LogP contribution is 2.28. The van der Waals surface area contributed by atoms with Crippen LogP contribution in [-0.4, -0.2) is 38.0 Å². The van der Waals surface area contributed by atoms with Crippen LogP contribution in [-0.2, 0) is 6.61 Å². The molecule has 1 aromatic heterocycles. The Kier molecular flexibility index (Phi) is 6.15. The summed E-state index contributed by atoms with van der Waals surface area (Å²) in [5.74, 6) is 0.415. The first-order chi connectivity index (χ1) is 15.5. The van der Waals surface area contributed by atoms with E-state index in [2.05, 4.69) is 26.4 Å². The molecule has 0 saturated heterocycles. The minimum absolute atomic E-state index is 0.126. The second-order valence-corrected chi connectivity index (χ2v) is 7.59. The predicted molar refractivity (Wildman–Crippen MR) is 122 cm³/mol. The highest BCUT2D eigenvalue weighted by atomic mass is 79.9. The van der Waals surface area contributed by atoms with Crippen molar-refractivity contribution in [2.45, 2.75) is 6.61 Å². The number of para-hydroxylation sites is 2. The summed E-state index contributed by atoms with van der Waals surface area (Å²) in [5, 5.41) is 17.0. The smallest absolute Gasteiger partial charge is 0.377 e. The fraction of sp³-hybridized carbons (Fsp3) is 0.0909. The van der Waals surface area contributed by atoms with E-state index in [0.29, 0.717) is 33.1 Å². The first-order valence-corrected chi connectivity index (χ1v) is 10.3. The molecule has 3 aromatic carbocycles. The maximum atomic E-state index is 13.5. The van der Waals surface area contributed by atoms with Crippen LogP contribution in [0.3, 0.4) is 0 Å². The number of ether oxygens (including phenoxy) is 1. The third-order valence-electron chi connectivity index (χ3n) is 4.73. The Morgan fingerprint density at radius 2 is 1.62 bits per heavy atom. The van der Waals surface area contributed by atoms with Crippen LogP contribution in [0.4, 0.5) is 16.2 Å². The minimum Gasteiger partial charge on any atom is -0.494 e. The number of amides is 1. The molecule has 4 aromatic rings. The van der Waals surface area contributed by atoms with E-state index in [1.807, 2.05) is 0 Å². The minimum atomic E-state index is -0.742. The molecule has 0 unspecified atom stereocenters. The zero-order valence-electron chi connectivity index (χ0n) is 16.9. The van der Waals surface area contributed by atoms with Gasteiger partial charge in [0.2, 0.25) is 0 Å². The number of rotatable bonds is 5. The Balaban J connectivity index is 1.80. The maximum Gasteiger partial charge on any atom is 0.377 e. The van der Waals surface area contributed by atoms with Crippen molar-refractivity contribution in [3.63, 3.8) is 0 Å². The molecule has 0 aliphatic heterocycles. The molecule has 4 rings (SSSR count). The fourth-order valence-electron chi connectivity index (χ4n) is 3.13. The lowest BCUT2D eigenvalue weighted by Gasteiger charge is -2.22. The van der Waals surface area contributed by atoms with Crippen LogP contribution in [0.5, 0.6) is 5.75 Å². The first kappa shape index (κ1) is 21.5. The normalized spacial score (nSPS) is 10.7. The second-order valence-electron chi connectivity index (χ2n) is 6.68. The van der Waals surface area contributed by atoms with Gasteiger partial charge in [0.1, 0.15) is 11.4 Å². The van der Waals surface area contributed by atoms with E-state index >= 15 is 0 Å². The number of hydrogen-bond acceptors (Lipinski definition) is 6. The summed E-state index contributed by atoms with van der Waals surface area (Å²) in [6.45, 7) is -0.126. The van der Waals surface area contributed by atoms with Gasteiger partial charge in [0.05, 0.1) is 25.1 Å². The molecule has 162 valence electrons. The van der Waals surface area contributed by atoms with Crippen molar-refractivity contribution in [3.05, 3.63) is 93.3 Å². The average molecular weight is 496 g/mol. The van der Waals surface area contributed by atoms with Gasteiger partial charge in [-0.15, -0.1) is 4.68 Å². The molecule has 1 heterocycles. The molecule has 0 saturated carbocycles. The number of hydrogen-bond donors (Lipinski definition) is 1. The van der Waals surface area contributed by atoms with E-state index in [4.69, 9.17) is 4.74 Å². The lowest BCUT2D eigenvalue weighted by molar-refractivity contribution is 0.246. The number of carbonyl (C=O) groups excluding carboxylic acids is 1. The highest BCUT2D eigenvalue weighted by Gasteiger charge is 2.25. The molecule has 0 atom stereocenters. The number of anilines is 2. The van der Waals surface area contributed by atoms with Gasteiger partial charge < -0.3 is 9.84 Å². The first-order valence-electron chi connectivity index (χ1n) is 9.51. The number of nitrogens with zero attached hydrogens (tertiary/aromatic N) is 5. The Bertz CT molecular complexity index is 1300. The molecular formula is C22H18BrN5O4. The van der Waals surface area contributed by atoms with E-state index in [-0.39, 0.29) is 6.61 Å². The van der Waals surface area contributed by atoms with Gasteiger partial charge in [0.15, 0.2) is 0 Å². The molecule has 0 spiro atoms. The Labute approximate surface area is 191 Å². The van der Waals surface area contributed by atoms with Gasteiger partial charge in [-0.25, -0.2) is 9.59 Å².